The van der Waals surface area contributed by atoms with Gasteiger partial charge in [0, 0.05) is 10.6 Å². The van der Waals surface area contributed by atoms with Crippen LogP contribution < -0.4 is 0 Å². The molecule has 1 atom stereocenters. The van der Waals surface area contributed by atoms with Crippen molar-refractivity contribution in [2.75, 3.05) is 0 Å². The Bertz CT molecular complexity index is 54.0. The van der Waals surface area contributed by atoms with Crippen molar-refractivity contribution in [2.24, 2.45) is 0 Å². The van der Waals surface area contributed by atoms with E-state index in [1.54, 1.807) is 0 Å². The van der Waals surface area contributed by atoms with Crippen LogP contribution >= 0.6 is 0 Å². The van der Waals surface area contributed by atoms with E-state index in [2.05, 4.69) is 6.92 Å². The topological polar surface area (TPSA) is 17.1 Å². The van der Waals surface area contributed by atoms with E-state index in [1.165, 1.54) is 0 Å². The molecule has 0 aliphatic heterocycles. The van der Waals surface area contributed by atoms with Gasteiger partial charge in [0.25, 0.3) is 0 Å². The number of hydrogen-bond donors (Lipinski definition) is 0. The van der Waals surface area contributed by atoms with Gasteiger partial charge in [0.2, 0.25) is 5.25 Å². The maximum Gasteiger partial charge on any atom is 0.461 e. The maximum absolute atomic E-state index is 9.94. The van der Waals surface area contributed by atoms with Crippen LogP contribution in [-0.2, 0) is 15.9 Å². The second-order valence-electron chi connectivity index (χ2n) is 1.70. The van der Waals surface area contributed by atoms with Gasteiger partial charge in [0.15, 0.2) is 0 Å². The Labute approximate surface area is 48.6 Å². The van der Waals surface area contributed by atoms with E-state index in [-0.39, 0.29) is 0 Å². The summed E-state index contributed by atoms with van der Waals surface area (Å²) >= 11 is 0.699. The van der Waals surface area contributed by atoms with E-state index in [4.69, 9.17) is 0 Å². The zero-order valence-corrected chi connectivity index (χ0v) is 5.62. The first kappa shape index (κ1) is 7.02. The van der Waals surface area contributed by atoms with Gasteiger partial charge < -0.3 is 0 Å². The number of rotatable bonds is 3. The first-order valence-corrected chi connectivity index (χ1v) is 3.40. The minimum atomic E-state index is 0.310. The predicted octanol–water partition coefficient (Wildman–Crippen LogP) is 1.60. The highest BCUT2D eigenvalue weighted by molar-refractivity contribution is 7.66. The van der Waals surface area contributed by atoms with Gasteiger partial charge in [-0.05, 0) is 6.92 Å². The third kappa shape index (κ3) is 3.86. The summed E-state index contributed by atoms with van der Waals surface area (Å²) in [6.07, 6.45) is 2.17. The highest BCUT2D eigenvalue weighted by atomic mass is 32.1. The summed E-state index contributed by atoms with van der Waals surface area (Å²) < 4.78 is 9.94. The lowest BCUT2D eigenvalue weighted by Crippen LogP contribution is -1.95. The summed E-state index contributed by atoms with van der Waals surface area (Å²) in [5.41, 5.74) is 0. The molecule has 0 radical (unpaired) electrons. The first-order valence-electron chi connectivity index (χ1n) is 2.60. The Morgan fingerprint density at radius 1 is 1.71 bits per heavy atom. The van der Waals surface area contributed by atoms with Gasteiger partial charge in [0.05, 0.1) is 0 Å². The van der Waals surface area contributed by atoms with Crippen molar-refractivity contribution in [1.82, 2.24) is 0 Å². The van der Waals surface area contributed by atoms with Gasteiger partial charge in [-0.25, -0.2) is 0 Å². The fraction of sp³-hybridized carbons (Fsp3) is 1.00. The molecule has 0 aromatic carbocycles. The Morgan fingerprint density at radius 2 is 2.29 bits per heavy atom. The third-order valence-corrected chi connectivity index (χ3v) is 1.42. The summed E-state index contributed by atoms with van der Waals surface area (Å²) in [5, 5.41) is 0.310. The van der Waals surface area contributed by atoms with Crippen LogP contribution in [0.25, 0.3) is 0 Å². The van der Waals surface area contributed by atoms with E-state index in [9.17, 15) is 4.21 Å². The van der Waals surface area contributed by atoms with Crippen LogP contribution in [0.3, 0.4) is 0 Å². The lowest BCUT2D eigenvalue weighted by atomic mass is 10.3. The fourth-order valence-electron chi connectivity index (χ4n) is 0.455. The van der Waals surface area contributed by atoms with Crippen molar-refractivity contribution in [3.05, 3.63) is 0 Å². The molecule has 0 spiro atoms. The van der Waals surface area contributed by atoms with Crippen molar-refractivity contribution in [3.63, 3.8) is 0 Å². The summed E-state index contributed by atoms with van der Waals surface area (Å²) in [5.74, 6) is 0. The van der Waals surface area contributed by atoms with E-state index >= 15 is 0 Å². The molecule has 0 bridgehead atoms. The molecule has 0 heterocycles. The van der Waals surface area contributed by atoms with Gasteiger partial charge >= 0.3 is 11.7 Å². The lowest BCUT2D eigenvalue weighted by molar-refractivity contribution is 0.595. The molecule has 0 rings (SSSR count). The van der Waals surface area contributed by atoms with Crippen LogP contribution in [0, 0.1) is 0 Å². The maximum atomic E-state index is 9.94. The summed E-state index contributed by atoms with van der Waals surface area (Å²) in [7, 11) is 0. The van der Waals surface area contributed by atoms with E-state index < -0.39 is 0 Å². The fourth-order valence-corrected chi connectivity index (χ4v) is 0.787. The van der Waals surface area contributed by atoms with Crippen molar-refractivity contribution < 1.29 is 4.21 Å². The van der Waals surface area contributed by atoms with E-state index in [1.807, 2.05) is 6.92 Å². The largest absolute Gasteiger partial charge is 0.461 e. The Hall–Kier alpha value is 0.0200. The molecular formula is C5H11OS+. The lowest BCUT2D eigenvalue weighted by Gasteiger charge is -1.82. The predicted molar refractivity (Wildman–Crippen MR) is 32.4 cm³/mol. The first-order chi connectivity index (χ1) is 3.31. The number of hydrogen-bond acceptors (Lipinski definition) is 1. The zero-order chi connectivity index (χ0) is 5.70. The molecule has 0 fully saturated rings. The molecule has 0 aliphatic rings. The quantitative estimate of drug-likeness (QED) is 0.516. The van der Waals surface area contributed by atoms with Gasteiger partial charge in [-0.1, -0.05) is 13.3 Å². The van der Waals surface area contributed by atoms with E-state index in [0.29, 0.717) is 16.9 Å². The molecule has 0 aromatic heterocycles. The smallest absolute Gasteiger partial charge is 0.0652 e. The Balaban J connectivity index is 2.98. The molecular weight excluding hydrogens is 108 g/mol. The highest BCUT2D eigenvalue weighted by Crippen LogP contribution is 1.95. The molecule has 0 amide bonds. The summed E-state index contributed by atoms with van der Waals surface area (Å²) in [6, 6.07) is 0. The SMILES string of the molecule is CCC[C@H](C)[S+]=O. The van der Waals surface area contributed by atoms with Crippen molar-refractivity contribution in [1.29, 1.82) is 0 Å². The second-order valence-corrected chi connectivity index (χ2v) is 2.69. The van der Waals surface area contributed by atoms with Crippen LogP contribution in [-0.4, -0.2) is 5.25 Å². The minimum absolute atomic E-state index is 0.310. The molecule has 0 aliphatic carbocycles. The van der Waals surface area contributed by atoms with Crippen LogP contribution in [0.4, 0.5) is 0 Å². The average molecular weight is 119 g/mol. The molecule has 0 saturated heterocycles. The molecule has 0 N–H and O–H groups in total. The van der Waals surface area contributed by atoms with Gasteiger partial charge in [-0.3, -0.25) is 0 Å². The third-order valence-electron chi connectivity index (χ3n) is 0.859. The molecule has 42 valence electrons. The van der Waals surface area contributed by atoms with E-state index in [0.717, 1.165) is 12.8 Å². The van der Waals surface area contributed by atoms with Crippen LogP contribution in [0.2, 0.25) is 0 Å². The van der Waals surface area contributed by atoms with Crippen molar-refractivity contribution >= 4 is 11.7 Å². The van der Waals surface area contributed by atoms with Crippen LogP contribution in [0.5, 0.6) is 0 Å². The van der Waals surface area contributed by atoms with Crippen molar-refractivity contribution in [3.8, 4) is 0 Å². The Kier molecular flexibility index (Phi) is 4.20. The van der Waals surface area contributed by atoms with Gasteiger partial charge in [0.1, 0.15) is 0 Å². The standard InChI is InChI=1S/C5H11OS/c1-3-4-5(2)7-6/h5H,3-4H2,1-2H3/q+1/t5-/m0/s1. The highest BCUT2D eigenvalue weighted by Gasteiger charge is 2.10. The minimum Gasteiger partial charge on any atom is -0.0652 e. The van der Waals surface area contributed by atoms with Crippen LogP contribution in [0.1, 0.15) is 26.7 Å². The van der Waals surface area contributed by atoms with Gasteiger partial charge in [-0.15, -0.1) is 0 Å². The zero-order valence-electron chi connectivity index (χ0n) is 4.81. The van der Waals surface area contributed by atoms with Crippen molar-refractivity contribution in [2.45, 2.75) is 31.9 Å². The summed E-state index contributed by atoms with van der Waals surface area (Å²) in [6.45, 7) is 4.05. The Morgan fingerprint density at radius 3 is 2.43 bits per heavy atom. The van der Waals surface area contributed by atoms with Gasteiger partial charge in [-0.2, -0.15) is 0 Å². The molecule has 0 saturated carbocycles. The monoisotopic (exact) mass is 119 g/mol. The molecule has 1 nitrogen and oxygen atoms in total. The molecule has 0 aromatic rings. The average Bonchev–Trinajstić information content (AvgIpc) is 1.68. The molecule has 0 unspecified atom stereocenters. The second kappa shape index (κ2) is 4.19. The van der Waals surface area contributed by atoms with Crippen LogP contribution in [0.15, 0.2) is 0 Å². The summed E-state index contributed by atoms with van der Waals surface area (Å²) in [4.78, 5) is 0. The molecule has 2 heteroatoms. The molecule has 7 heavy (non-hydrogen) atoms. The normalized spacial score (nSPS) is 13.4.